The molecule has 216 valence electrons. The van der Waals surface area contributed by atoms with E-state index in [-0.39, 0.29) is 0 Å². The van der Waals surface area contributed by atoms with Gasteiger partial charge in [-0.2, -0.15) is 4.83 Å². The molecule has 0 aromatic heterocycles. The Bertz CT molecular complexity index is 578. The van der Waals surface area contributed by atoms with Crippen molar-refractivity contribution in [1.29, 1.82) is 0 Å². The minimum Gasteiger partial charge on any atom is -0.302 e. The Labute approximate surface area is 233 Å². The van der Waals surface area contributed by atoms with Crippen molar-refractivity contribution in [2.75, 3.05) is 13.3 Å². The van der Waals surface area contributed by atoms with Gasteiger partial charge >= 0.3 is 0 Å². The maximum Gasteiger partial charge on any atom is 0.0941 e. The first-order valence-corrected chi connectivity index (χ1v) is 17.3. The van der Waals surface area contributed by atoms with Crippen molar-refractivity contribution in [2.45, 2.75) is 153 Å². The number of rotatable bonds is 14. The summed E-state index contributed by atoms with van der Waals surface area (Å²) in [6.07, 6.45) is 31.7. The van der Waals surface area contributed by atoms with Crippen LogP contribution in [0.2, 0.25) is 0 Å². The second-order valence-corrected chi connectivity index (χ2v) is 13.7. The molecule has 6 heteroatoms. The van der Waals surface area contributed by atoms with E-state index >= 15 is 0 Å². The maximum absolute atomic E-state index is 5.54. The molecule has 0 spiro atoms. The molecule has 0 aromatic rings. The van der Waals surface area contributed by atoms with E-state index in [2.05, 4.69) is 15.5 Å². The molecule has 5 atom stereocenters. The highest BCUT2D eigenvalue weighted by Crippen LogP contribution is 2.46. The summed E-state index contributed by atoms with van der Waals surface area (Å²) in [4.78, 5) is 2.53. The molecule has 0 aliphatic heterocycles. The van der Waals surface area contributed by atoms with Crippen molar-refractivity contribution in [3.8, 4) is 0 Å². The average molecular weight is 537 g/mol. The highest BCUT2D eigenvalue weighted by atomic mass is 32.2. The number of hydrogen-bond donors (Lipinski definition) is 4. The van der Waals surface area contributed by atoms with E-state index in [0.29, 0.717) is 6.04 Å². The Hall–Kier alpha value is 0.150. The molecule has 0 radical (unpaired) electrons. The van der Waals surface area contributed by atoms with Crippen LogP contribution in [0.25, 0.3) is 0 Å². The third-order valence-electron chi connectivity index (χ3n) is 10.8. The number of hydrogen-bond acceptors (Lipinski definition) is 6. The van der Waals surface area contributed by atoms with Crippen molar-refractivity contribution < 1.29 is 4.18 Å². The Morgan fingerprint density at radius 3 is 1.86 bits per heavy atom. The minimum absolute atomic E-state index is 0.607. The fourth-order valence-corrected chi connectivity index (χ4v) is 8.60. The molecule has 0 aromatic carbocycles. The van der Waals surface area contributed by atoms with E-state index in [1.54, 1.807) is 0 Å². The van der Waals surface area contributed by atoms with Gasteiger partial charge in [-0.15, -0.1) is 0 Å². The zero-order valence-electron chi connectivity index (χ0n) is 23.9. The van der Waals surface area contributed by atoms with Crippen LogP contribution in [0.5, 0.6) is 0 Å². The van der Waals surface area contributed by atoms with Crippen molar-refractivity contribution >= 4 is 12.2 Å². The lowest BCUT2D eigenvalue weighted by atomic mass is 9.62. The molecule has 4 fully saturated rings. The van der Waals surface area contributed by atoms with Crippen LogP contribution >= 0.6 is 12.2 Å². The summed E-state index contributed by atoms with van der Waals surface area (Å²) in [5, 5.41) is 7.94. The van der Waals surface area contributed by atoms with Gasteiger partial charge in [-0.1, -0.05) is 96.3 Å². The van der Waals surface area contributed by atoms with E-state index in [9.17, 15) is 0 Å². The zero-order valence-corrected chi connectivity index (χ0v) is 24.7. The van der Waals surface area contributed by atoms with Gasteiger partial charge in [-0.05, 0) is 74.5 Å². The molecule has 4 unspecified atom stereocenters. The predicted octanol–water partition coefficient (Wildman–Crippen LogP) is 7.62. The largest absolute Gasteiger partial charge is 0.302 e. The monoisotopic (exact) mass is 536 g/mol. The summed E-state index contributed by atoms with van der Waals surface area (Å²) < 4.78 is 5.54. The maximum atomic E-state index is 5.54. The molecule has 0 bridgehead atoms. The van der Waals surface area contributed by atoms with Crippen molar-refractivity contribution in [3.63, 3.8) is 0 Å². The van der Waals surface area contributed by atoms with Crippen LogP contribution < -0.4 is 21.3 Å². The van der Waals surface area contributed by atoms with Gasteiger partial charge in [0.15, 0.2) is 0 Å². The van der Waals surface area contributed by atoms with Crippen LogP contribution in [0.15, 0.2) is 0 Å². The highest BCUT2D eigenvalue weighted by Gasteiger charge is 2.38. The van der Waals surface area contributed by atoms with Gasteiger partial charge in [-0.25, -0.2) is 0 Å². The molecule has 0 heterocycles. The third kappa shape index (κ3) is 10.2. The van der Waals surface area contributed by atoms with Crippen LogP contribution in [0.3, 0.4) is 0 Å². The van der Waals surface area contributed by atoms with Gasteiger partial charge in [0.2, 0.25) is 0 Å². The standard InChI is InChI=1S/C31H60N4OS/c32-35-37-36-22-12-17-28(33-24-34-31-21-20-30(31)26-15-10-7-11-16-26)23-27-18-19-29(27)25-13-8-5-3-1-2-4-6-9-14-25/h25-31,33-35H,1-24,32H2/t27?,28-,29?,30?,31?/m1/s1. The molecule has 5 nitrogen and oxygen atoms in total. The van der Waals surface area contributed by atoms with E-state index in [1.165, 1.54) is 135 Å². The number of nitrogens with one attached hydrogen (secondary N) is 3. The van der Waals surface area contributed by atoms with Gasteiger partial charge in [0, 0.05) is 18.8 Å². The van der Waals surface area contributed by atoms with E-state index in [1.807, 2.05) is 0 Å². The van der Waals surface area contributed by atoms with E-state index in [4.69, 9.17) is 10.0 Å². The summed E-state index contributed by atoms with van der Waals surface area (Å²) >= 11 is 1.16. The Kier molecular flexibility index (Phi) is 14.5. The Morgan fingerprint density at radius 2 is 1.30 bits per heavy atom. The quantitative estimate of drug-likeness (QED) is 0.0457. The summed E-state index contributed by atoms with van der Waals surface area (Å²) in [6, 6.07) is 1.37. The van der Waals surface area contributed by atoms with Crippen molar-refractivity contribution in [2.24, 2.45) is 35.4 Å². The van der Waals surface area contributed by atoms with Crippen LogP contribution in [0.4, 0.5) is 0 Å². The smallest absolute Gasteiger partial charge is 0.0941 e. The fourth-order valence-electron chi connectivity index (χ4n) is 8.33. The molecule has 4 aliphatic carbocycles. The van der Waals surface area contributed by atoms with Crippen LogP contribution in [0, 0.1) is 29.6 Å². The average Bonchev–Trinajstić information content (AvgIpc) is 2.94. The summed E-state index contributed by atoms with van der Waals surface area (Å²) in [5.74, 6) is 10.2. The second-order valence-electron chi connectivity index (χ2n) is 13.1. The van der Waals surface area contributed by atoms with Crippen LogP contribution in [-0.2, 0) is 4.18 Å². The van der Waals surface area contributed by atoms with E-state index in [0.717, 1.165) is 67.6 Å². The summed E-state index contributed by atoms with van der Waals surface area (Å²) in [5.41, 5.74) is 0. The number of hydrazine groups is 1. The third-order valence-corrected chi connectivity index (χ3v) is 11.2. The lowest BCUT2D eigenvalue weighted by molar-refractivity contribution is 0.0693. The topological polar surface area (TPSA) is 71.3 Å². The minimum atomic E-state index is 0.607. The Morgan fingerprint density at radius 1 is 0.703 bits per heavy atom. The van der Waals surface area contributed by atoms with Gasteiger partial charge in [0.25, 0.3) is 0 Å². The first kappa shape index (κ1) is 30.1. The van der Waals surface area contributed by atoms with Crippen molar-refractivity contribution in [3.05, 3.63) is 0 Å². The number of nitrogens with two attached hydrogens (primary N) is 1. The molecule has 5 N–H and O–H groups in total. The van der Waals surface area contributed by atoms with Crippen molar-refractivity contribution in [1.82, 2.24) is 15.5 Å². The molecular weight excluding hydrogens is 476 g/mol. The molecule has 4 saturated carbocycles. The molecule has 4 rings (SSSR count). The van der Waals surface area contributed by atoms with Crippen LogP contribution in [0.1, 0.15) is 141 Å². The molecular formula is C31H60N4OS. The fraction of sp³-hybridized carbons (Fsp3) is 1.00. The predicted molar refractivity (Wildman–Crippen MR) is 159 cm³/mol. The first-order valence-electron chi connectivity index (χ1n) is 16.6. The molecule has 0 amide bonds. The van der Waals surface area contributed by atoms with Crippen LogP contribution in [-0.4, -0.2) is 25.4 Å². The SMILES string of the molecule is NNSOCCC[C@H](CC1CCC1C1CCCCCCCCCC1)NCNC1CCC1C1CCCCC1. The zero-order chi connectivity index (χ0) is 25.5. The van der Waals surface area contributed by atoms with Gasteiger partial charge in [0.1, 0.15) is 0 Å². The second kappa shape index (κ2) is 17.8. The van der Waals surface area contributed by atoms with Gasteiger partial charge in [0.05, 0.1) is 18.8 Å². The Balaban J connectivity index is 1.23. The molecule has 4 aliphatic rings. The lowest BCUT2D eigenvalue weighted by Crippen LogP contribution is -2.52. The molecule has 0 saturated heterocycles. The molecule has 37 heavy (non-hydrogen) atoms. The normalized spacial score (nSPS) is 31.7. The van der Waals surface area contributed by atoms with E-state index < -0.39 is 0 Å². The highest BCUT2D eigenvalue weighted by molar-refractivity contribution is 7.92. The lowest BCUT2D eigenvalue weighted by Gasteiger charge is -2.45. The summed E-state index contributed by atoms with van der Waals surface area (Å²) in [6.45, 7) is 1.75. The van der Waals surface area contributed by atoms with Gasteiger partial charge < -0.3 is 14.8 Å². The van der Waals surface area contributed by atoms with Gasteiger partial charge in [-0.3, -0.25) is 5.84 Å². The summed E-state index contributed by atoms with van der Waals surface area (Å²) in [7, 11) is 0. The first-order chi connectivity index (χ1) is 18.3.